The summed E-state index contributed by atoms with van der Waals surface area (Å²) in [4.78, 5) is 0. The minimum absolute atomic E-state index is 0.408. The predicted octanol–water partition coefficient (Wildman–Crippen LogP) is 6.03. The number of aryl methyl sites for hydroxylation is 1. The highest BCUT2D eigenvalue weighted by Crippen LogP contribution is 2.24. The van der Waals surface area contributed by atoms with Crippen molar-refractivity contribution in [2.24, 2.45) is 0 Å². The van der Waals surface area contributed by atoms with Crippen LogP contribution in [0.25, 0.3) is 0 Å². The SMILES string of the molecule is C[C@H](CCc1ccccc1)NCc1cc(Cl)ccc1OCc1ccccc1. The molecule has 0 unspecified atom stereocenters. The molecule has 0 radical (unpaired) electrons. The average Bonchev–Trinajstić information content (AvgIpc) is 2.71. The van der Waals surface area contributed by atoms with E-state index in [-0.39, 0.29) is 0 Å². The molecule has 3 aromatic rings. The van der Waals surface area contributed by atoms with Crippen LogP contribution in [0.3, 0.4) is 0 Å². The molecule has 140 valence electrons. The number of rotatable bonds is 9. The topological polar surface area (TPSA) is 21.3 Å². The van der Waals surface area contributed by atoms with Gasteiger partial charge in [0, 0.05) is 23.2 Å². The highest BCUT2D eigenvalue weighted by molar-refractivity contribution is 6.30. The monoisotopic (exact) mass is 379 g/mol. The van der Waals surface area contributed by atoms with Crippen molar-refractivity contribution >= 4 is 11.6 Å². The van der Waals surface area contributed by atoms with Crippen LogP contribution in [0.2, 0.25) is 5.02 Å². The summed E-state index contributed by atoms with van der Waals surface area (Å²) in [5.41, 5.74) is 3.62. The summed E-state index contributed by atoms with van der Waals surface area (Å²) < 4.78 is 6.04. The van der Waals surface area contributed by atoms with E-state index in [2.05, 4.69) is 54.7 Å². The Kier molecular flexibility index (Phi) is 7.32. The molecule has 0 aliphatic heterocycles. The Morgan fingerprint density at radius 3 is 2.26 bits per heavy atom. The van der Waals surface area contributed by atoms with Crippen molar-refractivity contribution in [2.45, 2.75) is 39.0 Å². The normalized spacial score (nSPS) is 11.9. The molecule has 0 aromatic heterocycles. The molecule has 3 heteroatoms. The van der Waals surface area contributed by atoms with Gasteiger partial charge >= 0.3 is 0 Å². The maximum absolute atomic E-state index is 6.21. The third-order valence-electron chi connectivity index (χ3n) is 4.61. The molecule has 0 spiro atoms. The molecular weight excluding hydrogens is 354 g/mol. The Morgan fingerprint density at radius 2 is 1.56 bits per heavy atom. The van der Waals surface area contributed by atoms with Gasteiger partial charge in [0.1, 0.15) is 12.4 Å². The summed E-state index contributed by atoms with van der Waals surface area (Å²) in [7, 11) is 0. The summed E-state index contributed by atoms with van der Waals surface area (Å²) in [5.74, 6) is 0.881. The van der Waals surface area contributed by atoms with Crippen molar-refractivity contribution in [1.29, 1.82) is 0 Å². The lowest BCUT2D eigenvalue weighted by Crippen LogP contribution is -2.26. The summed E-state index contributed by atoms with van der Waals surface area (Å²) in [6.45, 7) is 3.51. The number of hydrogen-bond donors (Lipinski definition) is 1. The molecule has 0 fully saturated rings. The van der Waals surface area contributed by atoms with E-state index in [0.29, 0.717) is 12.6 Å². The number of hydrogen-bond acceptors (Lipinski definition) is 2. The van der Waals surface area contributed by atoms with E-state index in [1.807, 2.05) is 36.4 Å². The largest absolute Gasteiger partial charge is 0.489 e. The molecule has 1 N–H and O–H groups in total. The molecule has 0 aliphatic carbocycles. The fourth-order valence-electron chi connectivity index (χ4n) is 2.98. The third kappa shape index (κ3) is 6.42. The van der Waals surface area contributed by atoms with Crippen LogP contribution in [0.15, 0.2) is 78.9 Å². The summed E-state index contributed by atoms with van der Waals surface area (Å²) in [6, 6.07) is 27.0. The van der Waals surface area contributed by atoms with E-state index < -0.39 is 0 Å². The van der Waals surface area contributed by atoms with E-state index in [9.17, 15) is 0 Å². The lowest BCUT2D eigenvalue weighted by Gasteiger charge is -2.17. The van der Waals surface area contributed by atoms with Crippen molar-refractivity contribution in [3.8, 4) is 5.75 Å². The number of nitrogens with one attached hydrogen (secondary N) is 1. The molecule has 3 rings (SSSR count). The van der Waals surface area contributed by atoms with Crippen LogP contribution in [0, 0.1) is 0 Å². The van der Waals surface area contributed by atoms with Crippen LogP contribution in [-0.4, -0.2) is 6.04 Å². The molecule has 0 saturated carbocycles. The molecule has 0 bridgehead atoms. The second-order valence-corrected chi connectivity index (χ2v) is 7.27. The molecule has 27 heavy (non-hydrogen) atoms. The standard InChI is InChI=1S/C24H26ClNO/c1-19(12-13-20-8-4-2-5-9-20)26-17-22-16-23(25)14-15-24(22)27-18-21-10-6-3-7-11-21/h2-11,14-16,19,26H,12-13,17-18H2,1H3/t19-/m1/s1. The molecule has 0 amide bonds. The minimum atomic E-state index is 0.408. The van der Waals surface area contributed by atoms with Gasteiger partial charge in [0.2, 0.25) is 0 Å². The average molecular weight is 380 g/mol. The van der Waals surface area contributed by atoms with Crippen molar-refractivity contribution < 1.29 is 4.74 Å². The summed E-state index contributed by atoms with van der Waals surface area (Å²) in [6.07, 6.45) is 2.16. The first-order valence-corrected chi connectivity index (χ1v) is 9.81. The first-order valence-electron chi connectivity index (χ1n) is 9.43. The summed E-state index contributed by atoms with van der Waals surface area (Å²) >= 11 is 6.21. The minimum Gasteiger partial charge on any atom is -0.489 e. The van der Waals surface area contributed by atoms with E-state index in [0.717, 1.165) is 41.3 Å². The zero-order valence-electron chi connectivity index (χ0n) is 15.7. The van der Waals surface area contributed by atoms with Gasteiger partial charge in [-0.3, -0.25) is 0 Å². The predicted molar refractivity (Wildman–Crippen MR) is 113 cm³/mol. The van der Waals surface area contributed by atoms with E-state index in [4.69, 9.17) is 16.3 Å². The maximum Gasteiger partial charge on any atom is 0.124 e. The Hall–Kier alpha value is -2.29. The molecular formula is C24H26ClNO. The summed E-state index contributed by atoms with van der Waals surface area (Å²) in [5, 5.41) is 4.33. The Morgan fingerprint density at radius 1 is 0.889 bits per heavy atom. The van der Waals surface area contributed by atoms with Crippen LogP contribution in [0.1, 0.15) is 30.0 Å². The quantitative estimate of drug-likeness (QED) is 0.490. The zero-order chi connectivity index (χ0) is 18.9. The van der Waals surface area contributed by atoms with Crippen LogP contribution in [0.5, 0.6) is 5.75 Å². The second-order valence-electron chi connectivity index (χ2n) is 6.83. The van der Waals surface area contributed by atoms with Gasteiger partial charge in [0.25, 0.3) is 0 Å². The fourth-order valence-corrected chi connectivity index (χ4v) is 3.17. The Bertz CT molecular complexity index is 820. The van der Waals surface area contributed by atoms with Gasteiger partial charge in [-0.2, -0.15) is 0 Å². The van der Waals surface area contributed by atoms with Crippen molar-refractivity contribution in [2.75, 3.05) is 0 Å². The highest BCUT2D eigenvalue weighted by atomic mass is 35.5. The van der Waals surface area contributed by atoms with E-state index >= 15 is 0 Å². The molecule has 0 heterocycles. The highest BCUT2D eigenvalue weighted by Gasteiger charge is 2.08. The van der Waals surface area contributed by atoms with E-state index in [1.54, 1.807) is 0 Å². The fraction of sp³-hybridized carbons (Fsp3) is 0.250. The van der Waals surface area contributed by atoms with E-state index in [1.165, 1.54) is 5.56 Å². The van der Waals surface area contributed by atoms with Crippen LogP contribution < -0.4 is 10.1 Å². The molecule has 2 nitrogen and oxygen atoms in total. The number of benzene rings is 3. The van der Waals surface area contributed by atoms with Gasteiger partial charge in [-0.1, -0.05) is 72.3 Å². The molecule has 0 saturated heterocycles. The first-order chi connectivity index (χ1) is 13.2. The van der Waals surface area contributed by atoms with Gasteiger partial charge in [0.05, 0.1) is 0 Å². The number of ether oxygens (including phenoxy) is 1. The van der Waals surface area contributed by atoms with Crippen molar-refractivity contribution in [3.63, 3.8) is 0 Å². The lowest BCUT2D eigenvalue weighted by molar-refractivity contribution is 0.301. The van der Waals surface area contributed by atoms with Crippen LogP contribution in [-0.2, 0) is 19.6 Å². The van der Waals surface area contributed by atoms with Gasteiger partial charge in [-0.15, -0.1) is 0 Å². The molecule has 3 aromatic carbocycles. The first kappa shape index (κ1) is 19.5. The molecule has 1 atom stereocenters. The maximum atomic E-state index is 6.21. The molecule has 0 aliphatic rings. The van der Waals surface area contributed by atoms with Crippen LogP contribution >= 0.6 is 11.6 Å². The van der Waals surface area contributed by atoms with Gasteiger partial charge in [-0.25, -0.2) is 0 Å². The Labute approximate surface area is 167 Å². The third-order valence-corrected chi connectivity index (χ3v) is 4.84. The lowest BCUT2D eigenvalue weighted by atomic mass is 10.1. The van der Waals surface area contributed by atoms with Crippen LogP contribution in [0.4, 0.5) is 0 Å². The zero-order valence-corrected chi connectivity index (χ0v) is 16.5. The van der Waals surface area contributed by atoms with Gasteiger partial charge < -0.3 is 10.1 Å². The number of halogens is 1. The van der Waals surface area contributed by atoms with Crippen molar-refractivity contribution in [1.82, 2.24) is 5.32 Å². The van der Waals surface area contributed by atoms with Crippen molar-refractivity contribution in [3.05, 3.63) is 101 Å². The Balaban J connectivity index is 1.54. The smallest absolute Gasteiger partial charge is 0.124 e. The van der Waals surface area contributed by atoms with Gasteiger partial charge in [-0.05, 0) is 49.1 Å². The second kappa shape index (κ2) is 10.1. The van der Waals surface area contributed by atoms with Gasteiger partial charge in [0.15, 0.2) is 0 Å².